The van der Waals surface area contributed by atoms with Gasteiger partial charge in [0.25, 0.3) is 0 Å². The van der Waals surface area contributed by atoms with Crippen LogP contribution >= 0.6 is 23.2 Å². The summed E-state index contributed by atoms with van der Waals surface area (Å²) in [7, 11) is 4.21. The maximum Gasteiger partial charge on any atom is 0.243 e. The minimum Gasteiger partial charge on any atom is -0.495 e. The molecule has 10 rings (SSSR count). The molecule has 4 aromatic heterocycles. The van der Waals surface area contributed by atoms with Gasteiger partial charge in [0.1, 0.15) is 34.8 Å². The minimum atomic E-state index is -1.04. The monoisotopic (exact) mass is 1160 g/mol. The lowest BCUT2D eigenvalue weighted by atomic mass is 10.1. The molecular weight excluding hydrogens is 1100 g/mol. The van der Waals surface area contributed by atoms with E-state index in [0.717, 1.165) is 6.07 Å². The second-order valence-electron chi connectivity index (χ2n) is 19.7. The Morgan fingerprint density at radius 3 is 1.70 bits per heavy atom. The molecule has 0 saturated carbocycles. The number of amides is 2. The Balaban J connectivity index is 0.936. The lowest BCUT2D eigenvalue weighted by Gasteiger charge is -2.36. The quantitative estimate of drug-likeness (QED) is 0.0628. The molecule has 4 aliphatic rings. The van der Waals surface area contributed by atoms with Crippen molar-refractivity contribution in [2.24, 2.45) is 0 Å². The average Bonchev–Trinajstić information content (AvgIpc) is 4.18. The lowest BCUT2D eigenvalue weighted by molar-refractivity contribution is -0.118. The number of methoxy groups -OCH3 is 3. The molecule has 428 valence electrons. The number of ether oxygens (including phenoxy) is 8. The van der Waals surface area contributed by atoms with Gasteiger partial charge in [0.15, 0.2) is 34.8 Å². The van der Waals surface area contributed by atoms with Crippen molar-refractivity contribution in [1.29, 1.82) is 0 Å². The Morgan fingerprint density at radius 1 is 0.679 bits per heavy atom. The summed E-state index contributed by atoms with van der Waals surface area (Å²) in [5, 5.41) is 14.0. The summed E-state index contributed by atoms with van der Waals surface area (Å²) in [4.78, 5) is 57.3. The van der Waals surface area contributed by atoms with Gasteiger partial charge in [0.2, 0.25) is 11.8 Å². The number of rotatable bonds is 19. The van der Waals surface area contributed by atoms with Crippen LogP contribution < -0.4 is 50.0 Å². The van der Waals surface area contributed by atoms with Crippen LogP contribution in [0.2, 0.25) is 10.0 Å². The highest BCUT2D eigenvalue weighted by Gasteiger charge is 2.34. The number of carbonyl (C=O) groups excluding carboxylic acids is 2. The normalized spacial score (nSPS) is 21.9. The molecule has 6 aromatic rings. The first-order valence-corrected chi connectivity index (χ1v) is 26.9. The van der Waals surface area contributed by atoms with Crippen LogP contribution in [0.3, 0.4) is 0 Å². The highest BCUT2D eigenvalue weighted by Crippen LogP contribution is 2.46. The van der Waals surface area contributed by atoms with Gasteiger partial charge in [-0.25, -0.2) is 38.7 Å². The van der Waals surface area contributed by atoms with E-state index in [0.29, 0.717) is 91.1 Å². The number of morpholine rings is 2. The second kappa shape index (κ2) is 24.7. The second-order valence-corrected chi connectivity index (χ2v) is 20.5. The van der Waals surface area contributed by atoms with Crippen molar-refractivity contribution in [2.45, 2.75) is 62.7 Å². The number of nitrogens with one attached hydrogen (secondary N) is 4. The van der Waals surface area contributed by atoms with E-state index in [1.807, 2.05) is 29.7 Å². The van der Waals surface area contributed by atoms with Crippen LogP contribution in [-0.4, -0.2) is 171 Å². The molecule has 22 nitrogen and oxygen atoms in total. The predicted molar refractivity (Wildman–Crippen MR) is 300 cm³/mol. The first-order valence-electron chi connectivity index (χ1n) is 26.1. The van der Waals surface area contributed by atoms with E-state index < -0.39 is 23.3 Å². The molecular formula is C55H60Cl2F2N12O10. The molecule has 0 aliphatic carbocycles. The predicted octanol–water partition coefficient (Wildman–Crippen LogP) is 6.56. The van der Waals surface area contributed by atoms with E-state index >= 15 is 8.78 Å². The first-order chi connectivity index (χ1) is 39.2. The fourth-order valence-corrected chi connectivity index (χ4v) is 11.0. The van der Waals surface area contributed by atoms with E-state index in [1.165, 1.54) is 39.7 Å². The molecule has 2 aromatic carbocycles. The van der Waals surface area contributed by atoms with Crippen LogP contribution in [0.5, 0.6) is 23.0 Å². The summed E-state index contributed by atoms with van der Waals surface area (Å²) in [6.07, 6.45) is 4.86. The molecule has 26 heteroatoms. The molecule has 2 amide bonds. The molecule has 8 heterocycles. The van der Waals surface area contributed by atoms with Gasteiger partial charge in [-0.05, 0) is 38.1 Å². The molecule has 3 unspecified atom stereocenters. The fraction of sp³-hybridized carbons (Fsp3) is 0.418. The Kier molecular flexibility index (Phi) is 17.3. The van der Waals surface area contributed by atoms with E-state index in [-0.39, 0.29) is 125 Å². The number of halogens is 4. The Labute approximate surface area is 474 Å². The lowest BCUT2D eigenvalue weighted by Crippen LogP contribution is -2.46. The molecule has 7 atom stereocenters. The molecule has 0 radical (unpaired) electrons. The Morgan fingerprint density at radius 2 is 1.17 bits per heavy atom. The third-order valence-electron chi connectivity index (χ3n) is 14.2. The molecule has 4 saturated heterocycles. The number of carbonyl (C=O) groups is 2. The number of aromatic nitrogens is 6. The molecule has 4 aliphatic heterocycles. The molecule has 4 fully saturated rings. The topological polar surface area (TPSA) is 240 Å². The van der Waals surface area contributed by atoms with Crippen LogP contribution in [0.1, 0.15) is 20.3 Å². The number of nitrogens with zero attached hydrogens (tertiary/aromatic N) is 8. The van der Waals surface area contributed by atoms with Gasteiger partial charge >= 0.3 is 0 Å². The van der Waals surface area contributed by atoms with Crippen molar-refractivity contribution in [3.05, 3.63) is 83.6 Å². The largest absolute Gasteiger partial charge is 0.495 e. The maximum atomic E-state index is 17.1. The van der Waals surface area contributed by atoms with E-state index in [4.69, 9.17) is 76.0 Å². The highest BCUT2D eigenvalue weighted by molar-refractivity contribution is 6.41. The smallest absolute Gasteiger partial charge is 0.243 e. The Bertz CT molecular complexity index is 3350. The summed E-state index contributed by atoms with van der Waals surface area (Å²) in [5.74, 6) is -1.04. The molecule has 0 bridgehead atoms. The van der Waals surface area contributed by atoms with Gasteiger partial charge < -0.3 is 69.0 Å². The van der Waals surface area contributed by atoms with Crippen molar-refractivity contribution in [3.63, 3.8) is 0 Å². The van der Waals surface area contributed by atoms with Crippen molar-refractivity contribution in [3.8, 4) is 45.8 Å². The number of anilines is 4. The summed E-state index contributed by atoms with van der Waals surface area (Å²) in [6.45, 7) is 13.9. The minimum absolute atomic E-state index is 0.0729. The Hall–Kier alpha value is -7.48. The van der Waals surface area contributed by atoms with Gasteiger partial charge in [-0.3, -0.25) is 9.59 Å². The number of hydrogen-bond acceptors (Lipinski definition) is 20. The van der Waals surface area contributed by atoms with E-state index in [9.17, 15) is 9.59 Å². The number of pyridine rings is 2. The van der Waals surface area contributed by atoms with Crippen LogP contribution in [0, 0.1) is 11.6 Å². The van der Waals surface area contributed by atoms with Crippen molar-refractivity contribution in [1.82, 2.24) is 40.5 Å². The fourth-order valence-electron chi connectivity index (χ4n) is 10.3. The summed E-state index contributed by atoms with van der Waals surface area (Å²) < 4.78 is 80.2. The summed E-state index contributed by atoms with van der Waals surface area (Å²) in [6, 6.07) is 4.96. The summed E-state index contributed by atoms with van der Waals surface area (Å²) in [5.41, 5.74) is 0.470. The van der Waals surface area contributed by atoms with Crippen LogP contribution in [0.15, 0.2) is 62.0 Å². The van der Waals surface area contributed by atoms with Crippen molar-refractivity contribution in [2.75, 3.05) is 108 Å². The SMILES string of the molecule is C=CC(=O)N[C@H]1COC[C@H]1Nc1cc2c(N3CC(C)OC(C)C3)nc(-c3c(F)c(OC)cc(OCCC4CN(c5nc(-c6c(Cl)c(OC)cc(OC)c6Cl)nc6cnc(N[C@@H]7COC[C@@H]7NC(=O)C=C)cc56)CCO4)c3F)nc2cn1. The molecule has 81 heavy (non-hydrogen) atoms. The number of benzene rings is 2. The molecule has 0 spiro atoms. The van der Waals surface area contributed by atoms with Gasteiger partial charge in [-0.2, -0.15) is 0 Å². The zero-order chi connectivity index (χ0) is 57.1. The van der Waals surface area contributed by atoms with E-state index in [2.05, 4.69) is 49.4 Å². The number of hydrogen-bond donors (Lipinski definition) is 4. The van der Waals surface area contributed by atoms with Gasteiger partial charge in [-0.1, -0.05) is 36.4 Å². The zero-order valence-electron chi connectivity index (χ0n) is 45.0. The standard InChI is InChI=1S/C55H60Cl2F2N12O10/c1-8-44(72)64-36-25-77-23-34(36)62-42-14-30-32(18-60-42)66-52(46-48(56)38(74-5)16-39(75-6)49(46)57)68-54(30)70-11-13-79-29(22-70)10-12-80-41-17-40(76-7)50(58)47(51(41)59)53-67-33-19-61-43(63-35-24-78-26-37(35)65-45(73)9-2)15-31(33)55(69-53)71-20-27(3)81-28(4)21-71/h8-9,14-19,27-29,34-37H,1-2,10-13,20-26H2,3-7H3,(H,60,62)(H,61,63)(H,64,72)(H,65,73)/t27?,28?,29?,34-,35-,36+,37+/m1/s1. The molecule has 4 N–H and O–H groups in total. The van der Waals surface area contributed by atoms with Gasteiger partial charge in [0.05, 0.1) is 148 Å². The highest BCUT2D eigenvalue weighted by atomic mass is 35.5. The van der Waals surface area contributed by atoms with Gasteiger partial charge in [0, 0.05) is 55.5 Å². The van der Waals surface area contributed by atoms with E-state index in [1.54, 1.807) is 18.3 Å². The van der Waals surface area contributed by atoms with Crippen molar-refractivity contribution >= 4 is 80.1 Å². The van der Waals surface area contributed by atoms with Crippen molar-refractivity contribution < 1.29 is 56.3 Å². The zero-order valence-corrected chi connectivity index (χ0v) is 46.5. The summed E-state index contributed by atoms with van der Waals surface area (Å²) >= 11 is 13.9. The van der Waals surface area contributed by atoms with Crippen LogP contribution in [0.25, 0.3) is 44.6 Å². The third-order valence-corrected chi connectivity index (χ3v) is 15.0. The maximum absolute atomic E-state index is 17.1. The van der Waals surface area contributed by atoms with Crippen LogP contribution in [-0.2, 0) is 28.5 Å². The average molecular weight is 1160 g/mol. The number of fused-ring (bicyclic) bond motifs is 2. The third kappa shape index (κ3) is 12.1. The first kappa shape index (κ1) is 56.8. The van der Waals surface area contributed by atoms with Gasteiger partial charge in [-0.15, -0.1) is 0 Å². The van der Waals surface area contributed by atoms with Crippen LogP contribution in [0.4, 0.5) is 32.1 Å².